The summed E-state index contributed by atoms with van der Waals surface area (Å²) in [7, 11) is -3.68. The molecule has 106 valence electrons. The van der Waals surface area contributed by atoms with Crippen LogP contribution in [-0.4, -0.2) is 25.3 Å². The average Bonchev–Trinajstić information content (AvgIpc) is 2.31. The van der Waals surface area contributed by atoms with Crippen molar-refractivity contribution in [1.82, 2.24) is 4.31 Å². The van der Waals surface area contributed by atoms with E-state index in [9.17, 15) is 12.8 Å². The van der Waals surface area contributed by atoms with Crippen LogP contribution in [0.4, 0.5) is 10.1 Å². The molecular weight excluding hydrogens is 267 g/mol. The van der Waals surface area contributed by atoms with E-state index >= 15 is 0 Å². The zero-order valence-electron chi connectivity index (χ0n) is 11.1. The standard InChI is InChI=1S/C13H19FN2O2S/c1-9-4-3-5-16(10(9)2)19(17,18)13-7-11(14)6-12(15)8-13/h6-10H,3-5,15H2,1-2H3. The van der Waals surface area contributed by atoms with Gasteiger partial charge in [0.1, 0.15) is 5.82 Å². The molecule has 0 spiro atoms. The number of sulfonamides is 1. The lowest BCUT2D eigenvalue weighted by molar-refractivity contribution is 0.202. The molecule has 0 amide bonds. The lowest BCUT2D eigenvalue weighted by atomic mass is 9.94. The first-order valence-corrected chi connectivity index (χ1v) is 7.84. The molecule has 1 aromatic carbocycles. The molecule has 1 saturated heterocycles. The Labute approximate surface area is 113 Å². The Morgan fingerprint density at radius 2 is 2.00 bits per heavy atom. The smallest absolute Gasteiger partial charge is 0.243 e. The number of benzene rings is 1. The third kappa shape index (κ3) is 2.74. The first-order valence-electron chi connectivity index (χ1n) is 6.40. The Morgan fingerprint density at radius 3 is 2.63 bits per heavy atom. The van der Waals surface area contributed by atoms with Crippen LogP contribution in [-0.2, 0) is 10.0 Å². The number of hydrogen-bond donors (Lipinski definition) is 1. The van der Waals surface area contributed by atoms with Crippen LogP contribution < -0.4 is 5.73 Å². The van der Waals surface area contributed by atoms with Crippen molar-refractivity contribution in [3.8, 4) is 0 Å². The van der Waals surface area contributed by atoms with Crippen molar-refractivity contribution in [2.75, 3.05) is 12.3 Å². The topological polar surface area (TPSA) is 63.4 Å². The van der Waals surface area contributed by atoms with E-state index in [1.165, 1.54) is 10.4 Å². The molecular formula is C13H19FN2O2S. The lowest BCUT2D eigenvalue weighted by Gasteiger charge is -2.36. The molecule has 2 unspecified atom stereocenters. The number of nitrogen functional groups attached to an aromatic ring is 1. The fourth-order valence-electron chi connectivity index (χ4n) is 2.51. The second kappa shape index (κ2) is 5.09. The molecule has 0 aromatic heterocycles. The Morgan fingerprint density at radius 1 is 1.32 bits per heavy atom. The highest BCUT2D eigenvalue weighted by Crippen LogP contribution is 2.29. The summed E-state index contributed by atoms with van der Waals surface area (Å²) in [4.78, 5) is -0.0639. The van der Waals surface area contributed by atoms with E-state index in [0.717, 1.165) is 25.0 Å². The number of rotatable bonds is 2. The summed E-state index contributed by atoms with van der Waals surface area (Å²) < 4.78 is 39.9. The molecule has 4 nitrogen and oxygen atoms in total. The molecule has 1 aliphatic rings. The lowest BCUT2D eigenvalue weighted by Crippen LogP contribution is -2.45. The van der Waals surface area contributed by atoms with Crippen molar-refractivity contribution < 1.29 is 12.8 Å². The molecule has 0 bridgehead atoms. The van der Waals surface area contributed by atoms with Gasteiger partial charge in [-0.25, -0.2) is 12.8 Å². The fraction of sp³-hybridized carbons (Fsp3) is 0.538. The van der Waals surface area contributed by atoms with Gasteiger partial charge in [0, 0.05) is 18.3 Å². The van der Waals surface area contributed by atoms with Crippen molar-refractivity contribution in [1.29, 1.82) is 0 Å². The summed E-state index contributed by atoms with van der Waals surface area (Å²) in [6, 6.07) is 3.37. The number of anilines is 1. The van der Waals surface area contributed by atoms with Crippen LogP contribution in [0.2, 0.25) is 0 Å². The van der Waals surface area contributed by atoms with E-state index < -0.39 is 15.8 Å². The van der Waals surface area contributed by atoms with E-state index in [1.807, 2.05) is 13.8 Å². The molecule has 19 heavy (non-hydrogen) atoms. The zero-order chi connectivity index (χ0) is 14.2. The van der Waals surface area contributed by atoms with Crippen LogP contribution in [0.5, 0.6) is 0 Å². The SMILES string of the molecule is CC1CCCN(S(=O)(=O)c2cc(N)cc(F)c2)C1C. The maximum absolute atomic E-state index is 13.3. The van der Waals surface area contributed by atoms with Gasteiger partial charge in [0.2, 0.25) is 10.0 Å². The van der Waals surface area contributed by atoms with Gasteiger partial charge in [0.05, 0.1) is 4.90 Å². The van der Waals surface area contributed by atoms with E-state index in [-0.39, 0.29) is 16.6 Å². The molecule has 0 aliphatic carbocycles. The second-order valence-corrected chi connectivity index (χ2v) is 7.09. The van der Waals surface area contributed by atoms with Gasteiger partial charge < -0.3 is 5.73 Å². The van der Waals surface area contributed by atoms with Crippen molar-refractivity contribution >= 4 is 15.7 Å². The van der Waals surface area contributed by atoms with Gasteiger partial charge in [-0.3, -0.25) is 0 Å². The predicted molar refractivity (Wildman–Crippen MR) is 72.6 cm³/mol. The summed E-state index contributed by atoms with van der Waals surface area (Å²) in [6.07, 6.45) is 1.84. The highest BCUT2D eigenvalue weighted by atomic mass is 32.2. The molecule has 1 heterocycles. The first kappa shape index (κ1) is 14.3. The average molecular weight is 286 g/mol. The van der Waals surface area contributed by atoms with Gasteiger partial charge in [-0.2, -0.15) is 4.31 Å². The molecule has 1 aliphatic heterocycles. The van der Waals surface area contributed by atoms with Crippen LogP contribution in [0.15, 0.2) is 23.1 Å². The Bertz CT molecular complexity index is 554. The van der Waals surface area contributed by atoms with Gasteiger partial charge in [0.15, 0.2) is 0 Å². The van der Waals surface area contributed by atoms with Crippen molar-refractivity contribution in [3.63, 3.8) is 0 Å². The summed E-state index contributed by atoms with van der Waals surface area (Å²) in [5.74, 6) is -0.328. The first-order chi connectivity index (χ1) is 8.82. The van der Waals surface area contributed by atoms with Gasteiger partial charge in [-0.1, -0.05) is 6.92 Å². The van der Waals surface area contributed by atoms with Crippen molar-refractivity contribution in [2.45, 2.75) is 37.6 Å². The summed E-state index contributed by atoms with van der Waals surface area (Å²) in [5.41, 5.74) is 5.65. The fourth-order valence-corrected chi connectivity index (χ4v) is 4.34. The molecule has 0 radical (unpaired) electrons. The maximum Gasteiger partial charge on any atom is 0.243 e. The Hall–Kier alpha value is -1.14. The summed E-state index contributed by atoms with van der Waals surface area (Å²) in [6.45, 7) is 4.40. The molecule has 0 saturated carbocycles. The van der Waals surface area contributed by atoms with Crippen molar-refractivity contribution in [2.24, 2.45) is 5.92 Å². The van der Waals surface area contributed by atoms with E-state index in [2.05, 4.69) is 0 Å². The number of halogens is 1. The maximum atomic E-state index is 13.3. The van der Waals surface area contributed by atoms with Crippen LogP contribution >= 0.6 is 0 Å². The number of nitrogens with zero attached hydrogens (tertiary/aromatic N) is 1. The van der Waals surface area contributed by atoms with E-state index in [0.29, 0.717) is 12.5 Å². The molecule has 2 atom stereocenters. The van der Waals surface area contributed by atoms with E-state index in [4.69, 9.17) is 5.73 Å². The quantitative estimate of drug-likeness (QED) is 0.848. The Balaban J connectivity index is 2.41. The number of nitrogens with two attached hydrogens (primary N) is 1. The van der Waals surface area contributed by atoms with E-state index in [1.54, 1.807) is 0 Å². The van der Waals surface area contributed by atoms with Gasteiger partial charge in [-0.15, -0.1) is 0 Å². The van der Waals surface area contributed by atoms with Gasteiger partial charge in [0.25, 0.3) is 0 Å². The third-order valence-corrected chi connectivity index (χ3v) is 5.78. The molecule has 2 N–H and O–H groups in total. The molecule has 1 fully saturated rings. The zero-order valence-corrected chi connectivity index (χ0v) is 12.0. The predicted octanol–water partition coefficient (Wildman–Crippen LogP) is 2.22. The van der Waals surface area contributed by atoms with Crippen LogP contribution in [0.1, 0.15) is 26.7 Å². The highest BCUT2D eigenvalue weighted by molar-refractivity contribution is 7.89. The number of piperidine rings is 1. The largest absolute Gasteiger partial charge is 0.399 e. The third-order valence-electron chi connectivity index (χ3n) is 3.82. The van der Waals surface area contributed by atoms with Crippen LogP contribution in [0.3, 0.4) is 0 Å². The van der Waals surface area contributed by atoms with Gasteiger partial charge >= 0.3 is 0 Å². The van der Waals surface area contributed by atoms with Crippen LogP contribution in [0, 0.1) is 11.7 Å². The highest BCUT2D eigenvalue weighted by Gasteiger charge is 2.34. The minimum Gasteiger partial charge on any atom is -0.399 e. The number of hydrogen-bond acceptors (Lipinski definition) is 3. The van der Waals surface area contributed by atoms with Crippen molar-refractivity contribution in [3.05, 3.63) is 24.0 Å². The molecule has 2 rings (SSSR count). The molecule has 1 aromatic rings. The molecule has 6 heteroatoms. The summed E-state index contributed by atoms with van der Waals surface area (Å²) in [5, 5.41) is 0. The monoisotopic (exact) mass is 286 g/mol. The normalized spacial score (nSPS) is 25.4. The minimum absolute atomic E-state index is 0.0639. The Kier molecular flexibility index (Phi) is 3.82. The second-order valence-electron chi connectivity index (χ2n) is 5.20. The van der Waals surface area contributed by atoms with Gasteiger partial charge in [-0.05, 0) is 43.9 Å². The minimum atomic E-state index is -3.68. The summed E-state index contributed by atoms with van der Waals surface area (Å²) >= 11 is 0. The van der Waals surface area contributed by atoms with Crippen LogP contribution in [0.25, 0.3) is 0 Å².